The second-order valence-electron chi connectivity index (χ2n) is 8.56. The van der Waals surface area contributed by atoms with Gasteiger partial charge in [-0.05, 0) is 74.7 Å². The summed E-state index contributed by atoms with van der Waals surface area (Å²) in [5.74, 6) is 0.635. The van der Waals surface area contributed by atoms with Crippen LogP contribution in [0.15, 0.2) is 84.3 Å². The minimum absolute atomic E-state index is 0.0752. The van der Waals surface area contributed by atoms with Gasteiger partial charge >= 0.3 is 0 Å². The van der Waals surface area contributed by atoms with E-state index in [9.17, 15) is 4.79 Å². The predicted octanol–water partition coefficient (Wildman–Crippen LogP) is 5.44. The van der Waals surface area contributed by atoms with Crippen molar-refractivity contribution >= 4 is 29.0 Å². The molecule has 1 N–H and O–H groups in total. The standard InChI is InChI=1S/C27H28N6OS/c1-20(26(34)29-22-10-12-23(13-11-22)32-18-6-3-7-19-32)35-27-31-30-25(21-14-16-28-17-15-21)33(27)24-8-4-2-5-9-24/h2,4-5,8-17,20H,3,6-7,18-19H2,1H3,(H,29,34). The van der Waals surface area contributed by atoms with Crippen molar-refractivity contribution in [1.29, 1.82) is 0 Å². The molecule has 5 rings (SSSR count). The number of carbonyl (C=O) groups is 1. The van der Waals surface area contributed by atoms with Crippen LogP contribution in [-0.2, 0) is 4.79 Å². The summed E-state index contributed by atoms with van der Waals surface area (Å²) in [6, 6.07) is 21.9. The number of thioether (sulfide) groups is 1. The first-order valence-corrected chi connectivity index (χ1v) is 12.8. The van der Waals surface area contributed by atoms with E-state index in [-0.39, 0.29) is 11.2 Å². The first-order valence-electron chi connectivity index (χ1n) is 11.9. The van der Waals surface area contributed by atoms with Crippen LogP contribution in [0, 0.1) is 0 Å². The fourth-order valence-electron chi connectivity index (χ4n) is 4.21. The number of benzene rings is 2. The smallest absolute Gasteiger partial charge is 0.237 e. The van der Waals surface area contributed by atoms with E-state index in [1.54, 1.807) is 12.4 Å². The highest BCUT2D eigenvalue weighted by Gasteiger charge is 2.22. The molecule has 1 fully saturated rings. The molecular formula is C27H28N6OS. The molecule has 1 aliphatic heterocycles. The maximum atomic E-state index is 13.0. The van der Waals surface area contributed by atoms with Gasteiger partial charge in [0.15, 0.2) is 11.0 Å². The first kappa shape index (κ1) is 23.1. The second kappa shape index (κ2) is 10.7. The molecule has 0 radical (unpaired) electrons. The lowest BCUT2D eigenvalue weighted by molar-refractivity contribution is -0.115. The number of carbonyl (C=O) groups excluding carboxylic acids is 1. The number of pyridine rings is 1. The van der Waals surface area contributed by atoms with Crippen LogP contribution >= 0.6 is 11.8 Å². The molecule has 3 heterocycles. The monoisotopic (exact) mass is 484 g/mol. The molecular weight excluding hydrogens is 456 g/mol. The van der Waals surface area contributed by atoms with Crippen molar-refractivity contribution in [2.45, 2.75) is 36.6 Å². The number of anilines is 2. The average molecular weight is 485 g/mol. The molecule has 2 aromatic heterocycles. The van der Waals surface area contributed by atoms with E-state index in [1.807, 2.05) is 66.1 Å². The molecule has 1 unspecified atom stereocenters. The Labute approximate surface area is 209 Å². The SMILES string of the molecule is CC(Sc1nnc(-c2ccncc2)n1-c1ccccc1)C(=O)Nc1ccc(N2CCCCC2)cc1. The molecule has 0 bridgehead atoms. The summed E-state index contributed by atoms with van der Waals surface area (Å²) < 4.78 is 1.98. The summed E-state index contributed by atoms with van der Waals surface area (Å²) in [7, 11) is 0. The van der Waals surface area contributed by atoms with Gasteiger partial charge in [0.2, 0.25) is 5.91 Å². The minimum atomic E-state index is -0.367. The van der Waals surface area contributed by atoms with Crippen molar-refractivity contribution < 1.29 is 4.79 Å². The molecule has 1 saturated heterocycles. The summed E-state index contributed by atoms with van der Waals surface area (Å²) in [6.07, 6.45) is 7.26. The zero-order valence-corrected chi connectivity index (χ0v) is 20.5. The Bertz CT molecular complexity index is 1250. The predicted molar refractivity (Wildman–Crippen MR) is 141 cm³/mol. The lowest BCUT2D eigenvalue weighted by Gasteiger charge is -2.28. The van der Waals surface area contributed by atoms with Gasteiger partial charge in [-0.3, -0.25) is 14.3 Å². The number of para-hydroxylation sites is 1. The average Bonchev–Trinajstić information content (AvgIpc) is 3.34. The van der Waals surface area contributed by atoms with Crippen LogP contribution in [0.1, 0.15) is 26.2 Å². The van der Waals surface area contributed by atoms with Gasteiger partial charge in [-0.15, -0.1) is 10.2 Å². The number of piperidine rings is 1. The highest BCUT2D eigenvalue weighted by molar-refractivity contribution is 8.00. The summed E-state index contributed by atoms with van der Waals surface area (Å²) in [6.45, 7) is 4.09. The molecule has 8 heteroatoms. The van der Waals surface area contributed by atoms with Gasteiger partial charge in [0, 0.05) is 48.1 Å². The molecule has 0 aliphatic carbocycles. The first-order chi connectivity index (χ1) is 17.2. The van der Waals surface area contributed by atoms with E-state index in [0.717, 1.165) is 30.0 Å². The topological polar surface area (TPSA) is 75.9 Å². The molecule has 0 spiro atoms. The maximum absolute atomic E-state index is 13.0. The van der Waals surface area contributed by atoms with E-state index in [4.69, 9.17) is 0 Å². The summed E-state index contributed by atoms with van der Waals surface area (Å²) in [4.78, 5) is 19.5. The molecule has 1 amide bonds. The van der Waals surface area contributed by atoms with Gasteiger partial charge in [-0.1, -0.05) is 30.0 Å². The highest BCUT2D eigenvalue weighted by atomic mass is 32.2. The Hall–Kier alpha value is -3.65. The third-order valence-corrected chi connectivity index (χ3v) is 7.14. The lowest BCUT2D eigenvalue weighted by Crippen LogP contribution is -2.29. The van der Waals surface area contributed by atoms with E-state index >= 15 is 0 Å². The van der Waals surface area contributed by atoms with Crippen LogP contribution in [0.3, 0.4) is 0 Å². The number of nitrogens with one attached hydrogen (secondary N) is 1. The van der Waals surface area contributed by atoms with E-state index in [0.29, 0.717) is 11.0 Å². The zero-order chi connectivity index (χ0) is 24.0. The normalized spacial score (nSPS) is 14.5. The van der Waals surface area contributed by atoms with Gasteiger partial charge < -0.3 is 10.2 Å². The summed E-state index contributed by atoms with van der Waals surface area (Å²) >= 11 is 1.39. The maximum Gasteiger partial charge on any atom is 0.237 e. The zero-order valence-electron chi connectivity index (χ0n) is 19.7. The number of hydrogen-bond donors (Lipinski definition) is 1. The molecule has 1 atom stereocenters. The van der Waals surface area contributed by atoms with Gasteiger partial charge in [-0.25, -0.2) is 0 Å². The van der Waals surface area contributed by atoms with Crippen LogP contribution in [0.25, 0.3) is 17.1 Å². The fourth-order valence-corrected chi connectivity index (χ4v) is 5.07. The third kappa shape index (κ3) is 5.38. The summed E-state index contributed by atoms with van der Waals surface area (Å²) in [5.41, 5.74) is 3.86. The molecule has 35 heavy (non-hydrogen) atoms. The van der Waals surface area contributed by atoms with E-state index in [1.165, 1.54) is 36.7 Å². The van der Waals surface area contributed by atoms with Gasteiger partial charge in [-0.2, -0.15) is 0 Å². The van der Waals surface area contributed by atoms with Crippen LogP contribution in [0.5, 0.6) is 0 Å². The van der Waals surface area contributed by atoms with Crippen LogP contribution in [0.4, 0.5) is 11.4 Å². The fraction of sp³-hybridized carbons (Fsp3) is 0.259. The number of hydrogen-bond acceptors (Lipinski definition) is 6. The van der Waals surface area contributed by atoms with Crippen LogP contribution in [-0.4, -0.2) is 44.0 Å². The van der Waals surface area contributed by atoms with Gasteiger partial charge in [0.1, 0.15) is 0 Å². The number of aromatic nitrogens is 4. The molecule has 2 aromatic carbocycles. The molecule has 0 saturated carbocycles. The number of rotatable bonds is 7. The van der Waals surface area contributed by atoms with Crippen molar-refractivity contribution in [1.82, 2.24) is 19.7 Å². The van der Waals surface area contributed by atoms with Crippen molar-refractivity contribution in [3.63, 3.8) is 0 Å². The van der Waals surface area contributed by atoms with E-state index < -0.39 is 0 Å². The van der Waals surface area contributed by atoms with E-state index in [2.05, 4.69) is 37.5 Å². The molecule has 178 valence electrons. The molecule has 1 aliphatic rings. The number of nitrogens with zero attached hydrogens (tertiary/aromatic N) is 5. The van der Waals surface area contributed by atoms with Crippen molar-refractivity contribution in [2.75, 3.05) is 23.3 Å². The molecule has 4 aromatic rings. The Balaban J connectivity index is 1.32. The Kier molecular flexibility index (Phi) is 7.09. The quantitative estimate of drug-likeness (QED) is 0.352. The third-order valence-electron chi connectivity index (χ3n) is 6.09. The van der Waals surface area contributed by atoms with Gasteiger partial charge in [0.05, 0.1) is 5.25 Å². The summed E-state index contributed by atoms with van der Waals surface area (Å²) in [5, 5.41) is 12.2. The van der Waals surface area contributed by atoms with Crippen molar-refractivity contribution in [2.24, 2.45) is 0 Å². The Morgan fingerprint density at radius 3 is 2.31 bits per heavy atom. The van der Waals surface area contributed by atoms with Crippen molar-refractivity contribution in [3.8, 4) is 17.1 Å². The highest BCUT2D eigenvalue weighted by Crippen LogP contribution is 2.30. The Morgan fingerprint density at radius 1 is 0.886 bits per heavy atom. The molecule has 7 nitrogen and oxygen atoms in total. The Morgan fingerprint density at radius 2 is 1.60 bits per heavy atom. The largest absolute Gasteiger partial charge is 0.372 e. The van der Waals surface area contributed by atoms with Crippen LogP contribution in [0.2, 0.25) is 0 Å². The lowest BCUT2D eigenvalue weighted by atomic mass is 10.1. The van der Waals surface area contributed by atoms with Crippen molar-refractivity contribution in [3.05, 3.63) is 79.1 Å². The van der Waals surface area contributed by atoms with Crippen LogP contribution < -0.4 is 10.2 Å². The second-order valence-corrected chi connectivity index (χ2v) is 9.86. The van der Waals surface area contributed by atoms with Gasteiger partial charge in [0.25, 0.3) is 0 Å². The number of amides is 1. The minimum Gasteiger partial charge on any atom is -0.372 e.